The summed E-state index contributed by atoms with van der Waals surface area (Å²) < 4.78 is 10.8. The highest BCUT2D eigenvalue weighted by Crippen LogP contribution is 2.30. The second kappa shape index (κ2) is 6.28. The minimum absolute atomic E-state index is 0.429. The Hall–Kier alpha value is -1.71. The number of hydrogen-bond donors (Lipinski definition) is 1. The molecular formula is C14H20O4. The minimum atomic E-state index is -0.810. The van der Waals surface area contributed by atoms with Gasteiger partial charge in [0, 0.05) is 0 Å². The van der Waals surface area contributed by atoms with Crippen LogP contribution in [0.4, 0.5) is 0 Å². The number of methoxy groups -OCH3 is 1. The number of ether oxygens (including phenoxy) is 2. The zero-order valence-corrected chi connectivity index (χ0v) is 11.3. The molecule has 0 saturated heterocycles. The Balaban J connectivity index is 3.07. The molecule has 0 aliphatic rings. The predicted octanol–water partition coefficient (Wildman–Crippen LogP) is 2.67. The third-order valence-electron chi connectivity index (χ3n) is 2.83. The predicted molar refractivity (Wildman–Crippen MR) is 69.4 cm³/mol. The van der Waals surface area contributed by atoms with Crippen molar-refractivity contribution in [1.82, 2.24) is 0 Å². The van der Waals surface area contributed by atoms with E-state index in [4.69, 9.17) is 14.6 Å². The van der Waals surface area contributed by atoms with Gasteiger partial charge in [-0.1, -0.05) is 6.92 Å². The van der Waals surface area contributed by atoms with Crippen LogP contribution < -0.4 is 9.47 Å². The number of aryl methyl sites for hydroxylation is 1. The molecule has 0 fully saturated rings. The fourth-order valence-electron chi connectivity index (χ4n) is 1.78. The number of hydrogen-bond acceptors (Lipinski definition) is 3. The monoisotopic (exact) mass is 252 g/mol. The van der Waals surface area contributed by atoms with Gasteiger partial charge in [0.05, 0.1) is 19.6 Å². The summed E-state index contributed by atoms with van der Waals surface area (Å²) in [7, 11) is 1.59. The number of rotatable bonds is 6. The van der Waals surface area contributed by atoms with Crippen LogP contribution in [0.25, 0.3) is 0 Å². The molecule has 4 heteroatoms. The Morgan fingerprint density at radius 2 is 2.06 bits per heavy atom. The van der Waals surface area contributed by atoms with Gasteiger partial charge in [0.1, 0.15) is 11.5 Å². The van der Waals surface area contributed by atoms with Gasteiger partial charge >= 0.3 is 5.97 Å². The molecule has 0 amide bonds. The molecule has 100 valence electrons. The van der Waals surface area contributed by atoms with Gasteiger partial charge in [-0.05, 0) is 43.5 Å². The van der Waals surface area contributed by atoms with E-state index in [0.29, 0.717) is 18.8 Å². The number of carbonyl (C=O) groups is 1. The average Bonchev–Trinajstić information content (AvgIpc) is 2.33. The van der Waals surface area contributed by atoms with Crippen molar-refractivity contribution in [3.05, 3.63) is 23.3 Å². The molecule has 1 N–H and O–H groups in total. The quantitative estimate of drug-likeness (QED) is 0.845. The first-order valence-corrected chi connectivity index (χ1v) is 6.02. The van der Waals surface area contributed by atoms with Crippen LogP contribution in [-0.4, -0.2) is 24.8 Å². The summed E-state index contributed by atoms with van der Waals surface area (Å²) in [5, 5.41) is 8.96. The first-order valence-electron chi connectivity index (χ1n) is 6.02. The van der Waals surface area contributed by atoms with Crippen LogP contribution in [0.2, 0.25) is 0 Å². The second-order valence-corrected chi connectivity index (χ2v) is 4.31. The van der Waals surface area contributed by atoms with Crippen molar-refractivity contribution in [2.24, 2.45) is 5.92 Å². The molecule has 4 nitrogen and oxygen atoms in total. The van der Waals surface area contributed by atoms with E-state index < -0.39 is 11.9 Å². The standard InChI is InChI=1S/C14H20O4/c1-5-18-12-8-11(6-10(3)14(15)16)13(17-4)7-9(12)2/h7-8,10H,5-6H2,1-4H3,(H,15,16). The lowest BCUT2D eigenvalue weighted by atomic mass is 9.99. The molecule has 18 heavy (non-hydrogen) atoms. The lowest BCUT2D eigenvalue weighted by Crippen LogP contribution is -2.13. The molecule has 0 radical (unpaired) electrons. The maximum atomic E-state index is 10.9. The lowest BCUT2D eigenvalue weighted by molar-refractivity contribution is -0.141. The summed E-state index contributed by atoms with van der Waals surface area (Å²) in [5.41, 5.74) is 1.85. The van der Waals surface area contributed by atoms with Crippen molar-refractivity contribution in [2.75, 3.05) is 13.7 Å². The van der Waals surface area contributed by atoms with Crippen molar-refractivity contribution in [3.8, 4) is 11.5 Å². The lowest BCUT2D eigenvalue weighted by Gasteiger charge is -2.15. The Bertz CT molecular complexity index is 426. The molecule has 1 rings (SSSR count). The van der Waals surface area contributed by atoms with Crippen molar-refractivity contribution >= 4 is 5.97 Å². The average molecular weight is 252 g/mol. The van der Waals surface area contributed by atoms with Gasteiger partial charge in [-0.15, -0.1) is 0 Å². The largest absolute Gasteiger partial charge is 0.496 e. The van der Waals surface area contributed by atoms with Gasteiger partial charge in [0.2, 0.25) is 0 Å². The Kier molecular flexibility index (Phi) is 5.01. The van der Waals surface area contributed by atoms with Gasteiger partial charge in [0.25, 0.3) is 0 Å². The summed E-state index contributed by atoms with van der Waals surface area (Å²) in [6.45, 7) is 6.13. The third kappa shape index (κ3) is 3.39. The number of benzene rings is 1. The summed E-state index contributed by atoms with van der Waals surface area (Å²) in [4.78, 5) is 10.9. The number of aliphatic carboxylic acids is 1. The van der Waals surface area contributed by atoms with Crippen molar-refractivity contribution in [1.29, 1.82) is 0 Å². The first-order chi connectivity index (χ1) is 8.49. The van der Waals surface area contributed by atoms with Crippen LogP contribution >= 0.6 is 0 Å². The van der Waals surface area contributed by atoms with Crippen LogP contribution in [0.3, 0.4) is 0 Å². The van der Waals surface area contributed by atoms with E-state index in [1.165, 1.54) is 0 Å². The molecule has 0 heterocycles. The molecule has 1 aromatic rings. The number of carboxylic acid groups (broad SMARTS) is 1. The summed E-state index contributed by atoms with van der Waals surface area (Å²) in [5.74, 6) is 0.238. The van der Waals surface area contributed by atoms with Gasteiger partial charge in [-0.25, -0.2) is 0 Å². The Labute approximate surface area is 108 Å². The zero-order valence-electron chi connectivity index (χ0n) is 11.3. The molecule has 0 aliphatic carbocycles. The number of carboxylic acids is 1. The van der Waals surface area contributed by atoms with Crippen LogP contribution in [0.1, 0.15) is 25.0 Å². The van der Waals surface area contributed by atoms with Gasteiger partial charge in [-0.2, -0.15) is 0 Å². The van der Waals surface area contributed by atoms with Crippen LogP contribution in [0, 0.1) is 12.8 Å². The molecule has 0 spiro atoms. The smallest absolute Gasteiger partial charge is 0.306 e. The van der Waals surface area contributed by atoms with E-state index in [0.717, 1.165) is 16.9 Å². The maximum Gasteiger partial charge on any atom is 0.306 e. The van der Waals surface area contributed by atoms with Gasteiger partial charge in [0.15, 0.2) is 0 Å². The maximum absolute atomic E-state index is 10.9. The highest BCUT2D eigenvalue weighted by Gasteiger charge is 2.16. The molecular weight excluding hydrogens is 232 g/mol. The van der Waals surface area contributed by atoms with Gasteiger partial charge < -0.3 is 14.6 Å². The molecule has 1 aromatic carbocycles. The summed E-state index contributed by atoms with van der Waals surface area (Å²) >= 11 is 0. The summed E-state index contributed by atoms with van der Waals surface area (Å²) in [6.07, 6.45) is 0.429. The van der Waals surface area contributed by atoms with Gasteiger partial charge in [-0.3, -0.25) is 4.79 Å². The SMILES string of the molecule is CCOc1cc(CC(C)C(=O)O)c(OC)cc1C. The fraction of sp³-hybridized carbons (Fsp3) is 0.500. The van der Waals surface area contributed by atoms with E-state index in [2.05, 4.69) is 0 Å². The summed E-state index contributed by atoms with van der Waals surface area (Å²) in [6, 6.07) is 3.76. The van der Waals surface area contributed by atoms with Crippen molar-refractivity contribution in [2.45, 2.75) is 27.2 Å². The third-order valence-corrected chi connectivity index (χ3v) is 2.83. The second-order valence-electron chi connectivity index (χ2n) is 4.31. The van der Waals surface area contributed by atoms with Crippen LogP contribution in [0.15, 0.2) is 12.1 Å². The Morgan fingerprint density at radius 1 is 1.39 bits per heavy atom. The normalized spacial score (nSPS) is 12.0. The van der Waals surface area contributed by atoms with E-state index in [1.54, 1.807) is 14.0 Å². The molecule has 1 unspecified atom stereocenters. The van der Waals surface area contributed by atoms with E-state index >= 15 is 0 Å². The molecule has 0 aliphatic heterocycles. The fourth-order valence-corrected chi connectivity index (χ4v) is 1.78. The van der Waals surface area contributed by atoms with Crippen molar-refractivity contribution in [3.63, 3.8) is 0 Å². The molecule has 0 aromatic heterocycles. The van der Waals surface area contributed by atoms with Crippen LogP contribution in [-0.2, 0) is 11.2 Å². The zero-order chi connectivity index (χ0) is 13.7. The minimum Gasteiger partial charge on any atom is -0.496 e. The molecule has 1 atom stereocenters. The van der Waals surface area contributed by atoms with Crippen LogP contribution in [0.5, 0.6) is 11.5 Å². The molecule has 0 bridgehead atoms. The topological polar surface area (TPSA) is 55.8 Å². The highest BCUT2D eigenvalue weighted by molar-refractivity contribution is 5.70. The highest BCUT2D eigenvalue weighted by atomic mass is 16.5. The van der Waals surface area contributed by atoms with E-state index in [1.807, 2.05) is 26.0 Å². The Morgan fingerprint density at radius 3 is 2.56 bits per heavy atom. The molecule has 0 saturated carbocycles. The first kappa shape index (κ1) is 14.4. The van der Waals surface area contributed by atoms with E-state index in [-0.39, 0.29) is 0 Å². The van der Waals surface area contributed by atoms with Crippen molar-refractivity contribution < 1.29 is 19.4 Å². The van der Waals surface area contributed by atoms with E-state index in [9.17, 15) is 4.79 Å².